The van der Waals surface area contributed by atoms with E-state index in [2.05, 4.69) is 20.3 Å². The van der Waals surface area contributed by atoms with Crippen LogP contribution in [0.15, 0.2) is 0 Å². The quantitative estimate of drug-likeness (QED) is 0.361. The summed E-state index contributed by atoms with van der Waals surface area (Å²) in [5.41, 5.74) is 0. The van der Waals surface area contributed by atoms with Gasteiger partial charge in [-0.25, -0.2) is 0 Å². The minimum atomic E-state index is 0.997. The van der Waals surface area contributed by atoms with Gasteiger partial charge in [-0.15, -0.1) is 0 Å². The van der Waals surface area contributed by atoms with Crippen molar-refractivity contribution in [1.29, 1.82) is 0 Å². The summed E-state index contributed by atoms with van der Waals surface area (Å²) >= 11 is 0. The van der Waals surface area contributed by atoms with Crippen LogP contribution in [0.2, 0.25) is 0 Å². The Balaban J connectivity index is 2.81. The van der Waals surface area contributed by atoms with Crippen molar-refractivity contribution in [3.63, 3.8) is 0 Å². The van der Waals surface area contributed by atoms with Crippen molar-refractivity contribution in [2.75, 3.05) is 0 Å². The summed E-state index contributed by atoms with van der Waals surface area (Å²) in [5.74, 6) is 0. The number of rotatable bonds is 12. The van der Waals surface area contributed by atoms with Crippen molar-refractivity contribution in [2.45, 2.75) is 84.0 Å². The van der Waals surface area contributed by atoms with Gasteiger partial charge in [-0.05, 0) is 6.42 Å². The topological polar surface area (TPSA) is 0 Å². The van der Waals surface area contributed by atoms with Gasteiger partial charge in [0, 0.05) is 0 Å². The molecule has 0 aliphatic carbocycles. The Hall–Kier alpha value is 0. The molecule has 0 aromatic rings. The van der Waals surface area contributed by atoms with Crippen molar-refractivity contribution in [3.8, 4) is 0 Å². The molecule has 0 N–H and O–H groups in total. The van der Waals surface area contributed by atoms with Crippen LogP contribution in [0.25, 0.3) is 0 Å². The minimum absolute atomic E-state index is 0.997. The molecule has 0 aromatic carbocycles. The highest BCUT2D eigenvalue weighted by atomic mass is 14.0. The molecule has 0 saturated carbocycles. The number of hydrogen-bond donors (Lipinski definition) is 0. The van der Waals surface area contributed by atoms with Gasteiger partial charge in [0.05, 0.1) is 0 Å². The maximum absolute atomic E-state index is 3.81. The fraction of sp³-hybridized carbons (Fsp3) is 0.867. The molecule has 0 aliphatic rings. The molecular formula is C15H30. The van der Waals surface area contributed by atoms with E-state index in [0.29, 0.717) is 0 Å². The molecule has 0 amide bonds. The summed E-state index contributed by atoms with van der Waals surface area (Å²) < 4.78 is 0. The van der Waals surface area contributed by atoms with Gasteiger partial charge >= 0.3 is 0 Å². The Morgan fingerprint density at radius 3 is 1.67 bits per heavy atom. The summed E-state index contributed by atoms with van der Waals surface area (Å²) in [6.07, 6.45) is 18.9. The zero-order chi connectivity index (χ0) is 11.2. The summed E-state index contributed by atoms with van der Waals surface area (Å²) in [7, 11) is 0. The van der Waals surface area contributed by atoms with Crippen LogP contribution in [0.5, 0.6) is 0 Å². The molecule has 15 heavy (non-hydrogen) atoms. The van der Waals surface area contributed by atoms with Crippen molar-refractivity contribution < 1.29 is 0 Å². The Kier molecular flexibility index (Phi) is 14.0. The minimum Gasteiger partial charge on any atom is -0.0654 e. The first-order valence-electron chi connectivity index (χ1n) is 7.02. The summed E-state index contributed by atoms with van der Waals surface area (Å²) in [4.78, 5) is 0. The summed E-state index contributed by atoms with van der Waals surface area (Å²) in [5, 5.41) is 0. The standard InChI is InChI=1S/C15H30/c1-3-5-7-9-11-13-15-14-12-10-8-6-4-2/h5H,1,3-4,6-15H2,2H3. The van der Waals surface area contributed by atoms with Crippen LogP contribution in [-0.4, -0.2) is 0 Å². The lowest BCUT2D eigenvalue weighted by atomic mass is 10.1. The molecule has 0 atom stereocenters. The molecule has 2 radical (unpaired) electrons. The van der Waals surface area contributed by atoms with Crippen LogP contribution < -0.4 is 0 Å². The van der Waals surface area contributed by atoms with E-state index in [1.54, 1.807) is 0 Å². The molecule has 0 heterocycles. The third-order valence-electron chi connectivity index (χ3n) is 2.97. The molecule has 0 aliphatic heterocycles. The zero-order valence-electron chi connectivity index (χ0n) is 10.8. The number of unbranched alkanes of at least 4 members (excludes halogenated alkanes) is 12. The van der Waals surface area contributed by atoms with E-state index in [-0.39, 0.29) is 0 Å². The largest absolute Gasteiger partial charge is 0.0654 e. The predicted molar refractivity (Wildman–Crippen MR) is 70.7 cm³/mol. The van der Waals surface area contributed by atoms with Gasteiger partial charge < -0.3 is 0 Å². The summed E-state index contributed by atoms with van der Waals surface area (Å²) in [6.45, 7) is 6.09. The lowest BCUT2D eigenvalue weighted by molar-refractivity contribution is 0.555. The van der Waals surface area contributed by atoms with Crippen LogP contribution in [0, 0.1) is 13.3 Å². The van der Waals surface area contributed by atoms with Gasteiger partial charge in [-0.2, -0.15) is 0 Å². The van der Waals surface area contributed by atoms with Crippen molar-refractivity contribution >= 4 is 0 Å². The molecule has 0 bridgehead atoms. The van der Waals surface area contributed by atoms with Gasteiger partial charge in [0.1, 0.15) is 0 Å². The molecule has 0 unspecified atom stereocenters. The van der Waals surface area contributed by atoms with E-state index >= 15 is 0 Å². The van der Waals surface area contributed by atoms with E-state index in [0.717, 1.165) is 6.42 Å². The first kappa shape index (κ1) is 15.0. The molecule has 0 spiro atoms. The third kappa shape index (κ3) is 14.0. The lowest BCUT2D eigenvalue weighted by Crippen LogP contribution is -1.82. The average Bonchev–Trinajstić information content (AvgIpc) is 2.26. The molecule has 90 valence electrons. The molecule has 0 aromatic heterocycles. The van der Waals surface area contributed by atoms with Gasteiger partial charge in [0.2, 0.25) is 0 Å². The maximum Gasteiger partial charge on any atom is -0.0386 e. The fourth-order valence-electron chi connectivity index (χ4n) is 1.92. The highest BCUT2D eigenvalue weighted by molar-refractivity contribution is 4.64. The highest BCUT2D eigenvalue weighted by Crippen LogP contribution is 2.11. The first-order chi connectivity index (χ1) is 7.41. The van der Waals surface area contributed by atoms with E-state index < -0.39 is 0 Å². The predicted octanol–water partition coefficient (Wildman–Crippen LogP) is 5.73. The highest BCUT2D eigenvalue weighted by Gasteiger charge is 1.92. The molecule has 0 rings (SSSR count). The Bertz CT molecular complexity index is 84.2. The smallest absolute Gasteiger partial charge is 0.0386 e. The van der Waals surface area contributed by atoms with E-state index in [1.165, 1.54) is 70.6 Å². The molecule has 0 fully saturated rings. The monoisotopic (exact) mass is 210 g/mol. The van der Waals surface area contributed by atoms with Crippen molar-refractivity contribution in [3.05, 3.63) is 13.3 Å². The Morgan fingerprint density at radius 1 is 0.733 bits per heavy atom. The van der Waals surface area contributed by atoms with E-state index in [4.69, 9.17) is 0 Å². The zero-order valence-corrected chi connectivity index (χ0v) is 10.8. The normalized spacial score (nSPS) is 10.8. The van der Waals surface area contributed by atoms with Crippen LogP contribution in [0.1, 0.15) is 84.0 Å². The van der Waals surface area contributed by atoms with Gasteiger partial charge in [0.15, 0.2) is 0 Å². The van der Waals surface area contributed by atoms with E-state index in [9.17, 15) is 0 Å². The second-order valence-electron chi connectivity index (χ2n) is 4.55. The first-order valence-corrected chi connectivity index (χ1v) is 7.02. The van der Waals surface area contributed by atoms with Crippen LogP contribution >= 0.6 is 0 Å². The average molecular weight is 210 g/mol. The summed E-state index contributed by atoms with van der Waals surface area (Å²) in [6, 6.07) is 0. The maximum atomic E-state index is 3.81. The van der Waals surface area contributed by atoms with Gasteiger partial charge in [-0.1, -0.05) is 90.9 Å². The van der Waals surface area contributed by atoms with E-state index in [1.807, 2.05) is 0 Å². The van der Waals surface area contributed by atoms with Crippen LogP contribution in [0.3, 0.4) is 0 Å². The van der Waals surface area contributed by atoms with Gasteiger partial charge in [0.25, 0.3) is 0 Å². The SMILES string of the molecule is [CH2]C[CH]CCCCCCCCCCCC. The molecule has 0 heteroatoms. The van der Waals surface area contributed by atoms with Crippen LogP contribution in [0.4, 0.5) is 0 Å². The lowest BCUT2D eigenvalue weighted by Gasteiger charge is -2.01. The molecular weight excluding hydrogens is 180 g/mol. The van der Waals surface area contributed by atoms with Crippen molar-refractivity contribution in [2.24, 2.45) is 0 Å². The fourth-order valence-corrected chi connectivity index (χ4v) is 1.92. The second-order valence-corrected chi connectivity index (χ2v) is 4.55. The second kappa shape index (κ2) is 14.0. The Labute approximate surface area is 97.8 Å². The van der Waals surface area contributed by atoms with Crippen LogP contribution in [-0.2, 0) is 0 Å². The molecule has 0 saturated heterocycles. The Morgan fingerprint density at radius 2 is 1.20 bits per heavy atom. The third-order valence-corrected chi connectivity index (χ3v) is 2.97. The number of hydrogen-bond acceptors (Lipinski definition) is 0. The molecule has 0 nitrogen and oxygen atoms in total. The van der Waals surface area contributed by atoms with Crippen molar-refractivity contribution in [1.82, 2.24) is 0 Å². The van der Waals surface area contributed by atoms with Gasteiger partial charge in [-0.3, -0.25) is 0 Å².